The molecule has 0 radical (unpaired) electrons. The maximum Gasteiger partial charge on any atom is 0.412 e. The van der Waals surface area contributed by atoms with Crippen LogP contribution in [0.25, 0.3) is 10.6 Å². The first-order chi connectivity index (χ1) is 14.8. The first-order valence-corrected chi connectivity index (χ1v) is 10.5. The van der Waals surface area contributed by atoms with Crippen molar-refractivity contribution in [3.8, 4) is 10.6 Å². The van der Waals surface area contributed by atoms with Gasteiger partial charge in [0.2, 0.25) is 5.95 Å². The zero-order valence-electron chi connectivity index (χ0n) is 15.9. The number of para-hydroxylation sites is 1. The number of carbonyl (C=O) groups excluding carboxylic acids is 1. The molecule has 2 fully saturated rings. The molecule has 8 nitrogen and oxygen atoms in total. The Bertz CT molecular complexity index is 1000. The lowest BCUT2D eigenvalue weighted by Crippen LogP contribution is -2.38. The van der Waals surface area contributed by atoms with Gasteiger partial charge < -0.3 is 19.5 Å². The second kappa shape index (κ2) is 8.39. The Morgan fingerprint density at radius 3 is 2.77 bits per heavy atom. The van der Waals surface area contributed by atoms with Crippen molar-refractivity contribution in [2.45, 2.75) is 24.4 Å². The third-order valence-electron chi connectivity index (χ3n) is 5.03. The molecule has 2 saturated heterocycles. The van der Waals surface area contributed by atoms with E-state index in [1.165, 1.54) is 0 Å². The number of nitrogens with one attached hydrogen (secondary N) is 2. The van der Waals surface area contributed by atoms with Gasteiger partial charge in [-0.2, -0.15) is 0 Å². The molecule has 2 N–H and O–H groups in total. The normalized spacial score (nSPS) is 24.9. The van der Waals surface area contributed by atoms with Gasteiger partial charge in [0.1, 0.15) is 12.2 Å². The van der Waals surface area contributed by atoms with Crippen LogP contribution in [0.4, 0.5) is 16.4 Å². The minimum absolute atomic E-state index is 0.126. The highest BCUT2D eigenvalue weighted by Gasteiger charge is 2.49. The maximum absolute atomic E-state index is 12.2. The average Bonchev–Trinajstić information content (AvgIpc) is 3.50. The SMILES string of the molecule is O=C(Nc1ccccc1)O[C@H]1CO[C@@H]2[C@@H]1OC[C@@H]2Nc1nccc(-c2cccs2)n1. The molecular formula is C21H20N4O4S. The summed E-state index contributed by atoms with van der Waals surface area (Å²) in [5.74, 6) is 0.518. The summed E-state index contributed by atoms with van der Waals surface area (Å²) in [4.78, 5) is 22.2. The summed E-state index contributed by atoms with van der Waals surface area (Å²) < 4.78 is 17.3. The Labute approximate surface area is 177 Å². The predicted molar refractivity (Wildman–Crippen MR) is 113 cm³/mol. The van der Waals surface area contributed by atoms with Gasteiger partial charge in [-0.1, -0.05) is 24.3 Å². The van der Waals surface area contributed by atoms with Gasteiger partial charge in [-0.3, -0.25) is 5.32 Å². The minimum atomic E-state index is -0.526. The lowest BCUT2D eigenvalue weighted by molar-refractivity contribution is 0.00917. The zero-order valence-corrected chi connectivity index (χ0v) is 16.7. The minimum Gasteiger partial charge on any atom is -0.441 e. The fraction of sp³-hybridized carbons (Fsp3) is 0.286. The number of carbonyl (C=O) groups is 1. The molecular weight excluding hydrogens is 404 g/mol. The number of thiophene rings is 1. The van der Waals surface area contributed by atoms with Crippen molar-refractivity contribution in [1.82, 2.24) is 9.97 Å². The van der Waals surface area contributed by atoms with Crippen molar-refractivity contribution in [2.24, 2.45) is 0 Å². The summed E-state index contributed by atoms with van der Waals surface area (Å²) in [5, 5.41) is 8.03. The zero-order chi connectivity index (χ0) is 20.3. The average molecular weight is 424 g/mol. The number of hydrogen-bond donors (Lipinski definition) is 2. The number of nitrogens with zero attached hydrogens (tertiary/aromatic N) is 2. The first kappa shape index (κ1) is 19.0. The number of benzene rings is 1. The molecule has 9 heteroatoms. The first-order valence-electron chi connectivity index (χ1n) is 9.65. The van der Waals surface area contributed by atoms with Crippen LogP contribution in [0, 0.1) is 0 Å². The number of hydrogen-bond acceptors (Lipinski definition) is 8. The van der Waals surface area contributed by atoms with Crippen LogP contribution in [-0.4, -0.2) is 53.6 Å². The van der Waals surface area contributed by atoms with Crippen LogP contribution in [0.15, 0.2) is 60.1 Å². The molecule has 0 bridgehead atoms. The van der Waals surface area contributed by atoms with Gasteiger partial charge >= 0.3 is 6.09 Å². The van der Waals surface area contributed by atoms with Gasteiger partial charge in [-0.05, 0) is 29.6 Å². The van der Waals surface area contributed by atoms with Crippen molar-refractivity contribution in [3.63, 3.8) is 0 Å². The number of amides is 1. The summed E-state index contributed by atoms with van der Waals surface area (Å²) in [6.45, 7) is 0.702. The molecule has 1 aromatic carbocycles. The van der Waals surface area contributed by atoms with Crippen molar-refractivity contribution in [3.05, 3.63) is 60.1 Å². The van der Waals surface area contributed by atoms with E-state index in [2.05, 4.69) is 20.6 Å². The van der Waals surface area contributed by atoms with Gasteiger partial charge in [0, 0.05) is 11.9 Å². The van der Waals surface area contributed by atoms with Crippen molar-refractivity contribution < 1.29 is 19.0 Å². The van der Waals surface area contributed by atoms with Gasteiger partial charge in [0.05, 0.1) is 29.8 Å². The molecule has 2 aliphatic rings. The van der Waals surface area contributed by atoms with E-state index in [0.717, 1.165) is 10.6 Å². The lowest BCUT2D eigenvalue weighted by atomic mass is 10.1. The fourth-order valence-electron chi connectivity index (χ4n) is 3.65. The van der Waals surface area contributed by atoms with E-state index in [1.54, 1.807) is 29.7 Å². The Balaban J connectivity index is 1.20. The lowest BCUT2D eigenvalue weighted by Gasteiger charge is -2.18. The molecule has 0 aliphatic carbocycles. The second-order valence-electron chi connectivity index (χ2n) is 7.02. The second-order valence-corrected chi connectivity index (χ2v) is 7.97. The standard InChI is InChI=1S/C21H20N4O4S/c26-21(23-13-5-2-1-3-6-13)29-16-12-28-18-15(11-27-19(16)18)25-20-22-9-8-14(24-20)17-7-4-10-30-17/h1-10,15-16,18-19H,11-12H2,(H,23,26)(H,22,24,25)/t15-,16-,18-,19+/m0/s1. The molecule has 1 amide bonds. The van der Waals surface area contributed by atoms with E-state index in [9.17, 15) is 4.79 Å². The largest absolute Gasteiger partial charge is 0.441 e. The Morgan fingerprint density at radius 2 is 1.93 bits per heavy atom. The Morgan fingerprint density at radius 1 is 1.07 bits per heavy atom. The topological polar surface area (TPSA) is 94.6 Å². The van der Waals surface area contributed by atoms with E-state index >= 15 is 0 Å². The number of rotatable bonds is 5. The van der Waals surface area contributed by atoms with E-state index in [-0.39, 0.29) is 24.9 Å². The third-order valence-corrected chi connectivity index (χ3v) is 5.92. The van der Waals surface area contributed by atoms with Crippen LogP contribution < -0.4 is 10.6 Å². The van der Waals surface area contributed by atoms with E-state index in [1.807, 2.05) is 41.8 Å². The van der Waals surface area contributed by atoms with E-state index in [0.29, 0.717) is 18.2 Å². The molecule has 0 spiro atoms. The molecule has 3 aromatic rings. The van der Waals surface area contributed by atoms with Gasteiger partial charge in [-0.25, -0.2) is 14.8 Å². The molecule has 154 valence electrons. The molecule has 2 aromatic heterocycles. The quantitative estimate of drug-likeness (QED) is 0.648. The number of aromatic nitrogens is 2. The Hall–Kier alpha value is -3.01. The van der Waals surface area contributed by atoms with Gasteiger partial charge in [-0.15, -0.1) is 11.3 Å². The van der Waals surface area contributed by atoms with Gasteiger partial charge in [0.15, 0.2) is 6.10 Å². The molecule has 30 heavy (non-hydrogen) atoms. The van der Waals surface area contributed by atoms with Crippen LogP contribution in [0.2, 0.25) is 0 Å². The summed E-state index contributed by atoms with van der Waals surface area (Å²) in [7, 11) is 0. The highest BCUT2D eigenvalue weighted by Crippen LogP contribution is 2.31. The van der Waals surface area contributed by atoms with Crippen LogP contribution in [-0.2, 0) is 14.2 Å². The van der Waals surface area contributed by atoms with E-state index < -0.39 is 12.2 Å². The van der Waals surface area contributed by atoms with Gasteiger partial charge in [0.25, 0.3) is 0 Å². The summed E-state index contributed by atoms with van der Waals surface area (Å²) >= 11 is 1.63. The van der Waals surface area contributed by atoms with Crippen LogP contribution in [0.1, 0.15) is 0 Å². The number of ether oxygens (including phenoxy) is 3. The third kappa shape index (κ3) is 4.00. The summed E-state index contributed by atoms with van der Waals surface area (Å²) in [5.41, 5.74) is 1.54. The smallest absolute Gasteiger partial charge is 0.412 e. The number of anilines is 2. The van der Waals surface area contributed by atoms with Crippen LogP contribution in [0.5, 0.6) is 0 Å². The Kier molecular flexibility index (Phi) is 5.31. The van der Waals surface area contributed by atoms with E-state index in [4.69, 9.17) is 14.2 Å². The molecule has 2 aliphatic heterocycles. The molecule has 0 unspecified atom stereocenters. The van der Waals surface area contributed by atoms with Crippen molar-refractivity contribution >= 4 is 29.1 Å². The highest BCUT2D eigenvalue weighted by molar-refractivity contribution is 7.13. The van der Waals surface area contributed by atoms with Crippen LogP contribution in [0.3, 0.4) is 0 Å². The molecule has 4 atom stereocenters. The molecule has 4 heterocycles. The van der Waals surface area contributed by atoms with Crippen molar-refractivity contribution in [2.75, 3.05) is 23.8 Å². The monoisotopic (exact) mass is 424 g/mol. The summed E-state index contributed by atoms with van der Waals surface area (Å²) in [6, 6.07) is 14.9. The predicted octanol–water partition coefficient (Wildman–Crippen LogP) is 3.40. The number of fused-ring (bicyclic) bond motifs is 1. The van der Waals surface area contributed by atoms with Crippen molar-refractivity contribution in [1.29, 1.82) is 0 Å². The molecule has 5 rings (SSSR count). The summed E-state index contributed by atoms with van der Waals surface area (Å²) in [6.07, 6.45) is 0.164. The highest BCUT2D eigenvalue weighted by atomic mass is 32.1. The van der Waals surface area contributed by atoms with Crippen LogP contribution >= 0.6 is 11.3 Å². The fourth-order valence-corrected chi connectivity index (χ4v) is 4.35. The maximum atomic E-state index is 12.2. The molecule has 0 saturated carbocycles.